The zero-order valence-corrected chi connectivity index (χ0v) is 17.7. The van der Waals surface area contributed by atoms with Gasteiger partial charge in [-0.25, -0.2) is 0 Å². The first-order valence-corrected chi connectivity index (χ1v) is 10.4. The number of fused-ring (bicyclic) bond motifs is 1. The van der Waals surface area contributed by atoms with Gasteiger partial charge in [0.15, 0.2) is 0 Å². The number of carboxylic acids is 1. The largest absolute Gasteiger partial charge is 0.485 e. The number of benzene rings is 2. The molecule has 0 spiro atoms. The molecule has 0 aliphatic rings. The van der Waals surface area contributed by atoms with Crippen LogP contribution in [0, 0.1) is 11.8 Å². The van der Waals surface area contributed by atoms with Crippen LogP contribution >= 0.6 is 0 Å². The number of carboxylic acid groups (broad SMARTS) is 1. The zero-order valence-electron chi connectivity index (χ0n) is 17.7. The summed E-state index contributed by atoms with van der Waals surface area (Å²) in [5.41, 5.74) is 3.78. The van der Waals surface area contributed by atoms with E-state index in [0.29, 0.717) is 12.2 Å². The van der Waals surface area contributed by atoms with E-state index < -0.39 is 5.97 Å². The van der Waals surface area contributed by atoms with E-state index in [4.69, 9.17) is 9.84 Å². The quantitative estimate of drug-likeness (QED) is 0.392. The van der Waals surface area contributed by atoms with Gasteiger partial charge in [0.2, 0.25) is 0 Å². The summed E-state index contributed by atoms with van der Waals surface area (Å²) < 4.78 is 6.38. The molecule has 6 heteroatoms. The average Bonchev–Trinajstić information content (AvgIpc) is 3.27. The molecule has 0 saturated carbocycles. The molecule has 0 saturated heterocycles. The van der Waals surface area contributed by atoms with Gasteiger partial charge in [0.1, 0.15) is 11.9 Å². The van der Waals surface area contributed by atoms with Crippen molar-refractivity contribution in [1.82, 2.24) is 15.2 Å². The van der Waals surface area contributed by atoms with E-state index in [2.05, 4.69) is 33.1 Å². The van der Waals surface area contributed by atoms with Gasteiger partial charge in [0.25, 0.3) is 0 Å². The minimum absolute atomic E-state index is 0.0337. The van der Waals surface area contributed by atoms with Gasteiger partial charge in [-0.15, -0.1) is 5.92 Å². The molecule has 0 amide bonds. The maximum absolute atomic E-state index is 11.2. The van der Waals surface area contributed by atoms with Crippen LogP contribution < -0.4 is 4.74 Å². The SMILES string of the molecule is CC#CC(CC(=O)O)c1ccc(OC(Cc2ccccn2)c2ccc3[nH]ncc3c2)cc1. The fourth-order valence-corrected chi connectivity index (χ4v) is 3.64. The molecule has 32 heavy (non-hydrogen) atoms. The van der Waals surface area contributed by atoms with E-state index in [-0.39, 0.29) is 18.4 Å². The number of aromatic nitrogens is 3. The number of aromatic amines is 1. The van der Waals surface area contributed by atoms with Crippen LogP contribution in [0.15, 0.2) is 73.1 Å². The van der Waals surface area contributed by atoms with E-state index in [1.807, 2.05) is 54.6 Å². The van der Waals surface area contributed by atoms with Crippen molar-refractivity contribution in [2.75, 3.05) is 0 Å². The highest BCUT2D eigenvalue weighted by Gasteiger charge is 2.18. The molecule has 0 fully saturated rings. The van der Waals surface area contributed by atoms with Crippen LogP contribution in [0.1, 0.15) is 42.2 Å². The summed E-state index contributed by atoms with van der Waals surface area (Å²) in [7, 11) is 0. The van der Waals surface area contributed by atoms with E-state index in [0.717, 1.165) is 27.7 Å². The number of aliphatic carboxylic acids is 1. The molecular formula is C26H23N3O3. The topological polar surface area (TPSA) is 88.1 Å². The Balaban J connectivity index is 1.60. The Kier molecular flexibility index (Phi) is 6.47. The molecule has 2 aromatic carbocycles. The summed E-state index contributed by atoms with van der Waals surface area (Å²) in [6.07, 6.45) is 3.89. The molecule has 2 heterocycles. The van der Waals surface area contributed by atoms with Crippen molar-refractivity contribution in [3.8, 4) is 17.6 Å². The molecule has 6 nitrogen and oxygen atoms in total. The van der Waals surface area contributed by atoms with Crippen LogP contribution in [0.25, 0.3) is 10.9 Å². The Bertz CT molecular complexity index is 1250. The van der Waals surface area contributed by atoms with Gasteiger partial charge < -0.3 is 9.84 Å². The Hall–Kier alpha value is -4.11. The molecule has 2 aromatic heterocycles. The second kappa shape index (κ2) is 9.80. The second-order valence-corrected chi connectivity index (χ2v) is 7.46. The molecule has 4 aromatic rings. The fourth-order valence-electron chi connectivity index (χ4n) is 3.64. The van der Waals surface area contributed by atoms with Crippen LogP contribution in [0.2, 0.25) is 0 Å². The first-order chi connectivity index (χ1) is 15.6. The lowest BCUT2D eigenvalue weighted by Gasteiger charge is -2.20. The van der Waals surface area contributed by atoms with Crippen LogP contribution in [0.5, 0.6) is 5.75 Å². The Morgan fingerprint density at radius 1 is 1.12 bits per heavy atom. The molecule has 0 radical (unpaired) electrons. The monoisotopic (exact) mass is 425 g/mol. The zero-order chi connectivity index (χ0) is 22.3. The lowest BCUT2D eigenvalue weighted by atomic mass is 9.96. The number of H-pyrrole nitrogens is 1. The molecular weight excluding hydrogens is 402 g/mol. The van der Waals surface area contributed by atoms with Crippen molar-refractivity contribution >= 4 is 16.9 Å². The number of nitrogens with zero attached hydrogens (tertiary/aromatic N) is 2. The van der Waals surface area contributed by atoms with E-state index in [1.165, 1.54) is 0 Å². The third-order valence-electron chi connectivity index (χ3n) is 5.21. The highest BCUT2D eigenvalue weighted by Crippen LogP contribution is 2.29. The number of hydrogen-bond acceptors (Lipinski definition) is 4. The minimum atomic E-state index is -0.872. The number of rotatable bonds is 8. The second-order valence-electron chi connectivity index (χ2n) is 7.46. The number of hydrogen-bond donors (Lipinski definition) is 2. The minimum Gasteiger partial charge on any atom is -0.485 e. The van der Waals surface area contributed by atoms with Gasteiger partial charge in [-0.2, -0.15) is 5.10 Å². The summed E-state index contributed by atoms with van der Waals surface area (Å²) >= 11 is 0. The summed E-state index contributed by atoms with van der Waals surface area (Å²) in [5.74, 6) is 5.27. The van der Waals surface area contributed by atoms with Crippen molar-refractivity contribution in [2.45, 2.75) is 31.8 Å². The summed E-state index contributed by atoms with van der Waals surface area (Å²) in [6, 6.07) is 19.4. The first kappa shape index (κ1) is 21.1. The predicted octanol–water partition coefficient (Wildman–Crippen LogP) is 4.90. The van der Waals surface area contributed by atoms with E-state index >= 15 is 0 Å². The van der Waals surface area contributed by atoms with Crippen LogP contribution in [-0.4, -0.2) is 26.3 Å². The molecule has 0 aliphatic carbocycles. The van der Waals surface area contributed by atoms with Gasteiger partial charge in [-0.05, 0) is 54.4 Å². The fraction of sp³-hybridized carbons (Fsp3) is 0.192. The number of pyridine rings is 1. The molecule has 160 valence electrons. The first-order valence-electron chi connectivity index (χ1n) is 10.4. The maximum Gasteiger partial charge on any atom is 0.304 e. The molecule has 2 unspecified atom stereocenters. The third kappa shape index (κ3) is 5.13. The normalized spacial score (nSPS) is 12.5. The lowest BCUT2D eigenvalue weighted by Crippen LogP contribution is -2.12. The Morgan fingerprint density at radius 2 is 1.94 bits per heavy atom. The van der Waals surface area contributed by atoms with Crippen LogP contribution in [0.3, 0.4) is 0 Å². The highest BCUT2D eigenvalue weighted by atomic mass is 16.5. The highest BCUT2D eigenvalue weighted by molar-refractivity contribution is 5.78. The number of nitrogens with one attached hydrogen (secondary N) is 1. The maximum atomic E-state index is 11.2. The Labute approximate surface area is 186 Å². The Morgan fingerprint density at radius 3 is 2.66 bits per heavy atom. The van der Waals surface area contributed by atoms with E-state index in [9.17, 15) is 4.79 Å². The summed E-state index contributed by atoms with van der Waals surface area (Å²) in [5, 5.41) is 17.3. The van der Waals surface area contributed by atoms with Crippen LogP contribution in [0.4, 0.5) is 0 Å². The smallest absolute Gasteiger partial charge is 0.304 e. The van der Waals surface area contributed by atoms with Crippen molar-refractivity contribution in [3.63, 3.8) is 0 Å². The summed E-state index contributed by atoms with van der Waals surface area (Å²) in [4.78, 5) is 15.6. The number of ether oxygens (including phenoxy) is 1. The van der Waals surface area contributed by atoms with Gasteiger partial charge in [0, 0.05) is 23.7 Å². The van der Waals surface area contributed by atoms with E-state index in [1.54, 1.807) is 19.3 Å². The van der Waals surface area contributed by atoms with Gasteiger partial charge in [0.05, 0.1) is 24.1 Å². The molecule has 2 N–H and O–H groups in total. The lowest BCUT2D eigenvalue weighted by molar-refractivity contribution is -0.137. The van der Waals surface area contributed by atoms with Gasteiger partial charge >= 0.3 is 5.97 Å². The standard InChI is InChI=1S/C26H23N3O3/c1-2-5-19(15-26(30)31)18-7-10-23(11-8-18)32-25(16-22-6-3-4-13-27-22)20-9-12-24-21(14-20)17-28-29-24/h3-4,6-14,17,19,25H,15-16H2,1H3,(H,28,29)(H,30,31). The molecule has 4 rings (SSSR count). The predicted molar refractivity (Wildman–Crippen MR) is 122 cm³/mol. The third-order valence-corrected chi connectivity index (χ3v) is 5.21. The molecule has 0 bridgehead atoms. The van der Waals surface area contributed by atoms with Crippen LogP contribution in [-0.2, 0) is 11.2 Å². The molecule has 2 atom stereocenters. The average molecular weight is 425 g/mol. The summed E-state index contributed by atoms with van der Waals surface area (Å²) in [6.45, 7) is 1.71. The van der Waals surface area contributed by atoms with Gasteiger partial charge in [-0.1, -0.05) is 30.2 Å². The van der Waals surface area contributed by atoms with Gasteiger partial charge in [-0.3, -0.25) is 14.9 Å². The van der Waals surface area contributed by atoms with Crippen molar-refractivity contribution in [1.29, 1.82) is 0 Å². The van der Waals surface area contributed by atoms with Crippen molar-refractivity contribution in [2.24, 2.45) is 0 Å². The number of carbonyl (C=O) groups is 1. The van der Waals surface area contributed by atoms with Crippen molar-refractivity contribution < 1.29 is 14.6 Å². The van der Waals surface area contributed by atoms with Crippen molar-refractivity contribution in [3.05, 3.63) is 89.9 Å². The molecule has 0 aliphatic heterocycles.